The van der Waals surface area contributed by atoms with Gasteiger partial charge < -0.3 is 10.1 Å². The number of carbonyl (C=O) groups excluding carboxylic acids is 1. The highest BCUT2D eigenvalue weighted by atomic mass is 35.5. The average Bonchev–Trinajstić information content (AvgIpc) is 3.46. The third kappa shape index (κ3) is 3.98. The smallest absolute Gasteiger partial charge is 0.336 e. The summed E-state index contributed by atoms with van der Waals surface area (Å²) in [6.45, 7) is 2.33. The Morgan fingerprint density at radius 3 is 2.57 bits per heavy atom. The predicted octanol–water partition coefficient (Wildman–Crippen LogP) is 4.99. The lowest BCUT2D eigenvalue weighted by atomic mass is 10.2. The highest BCUT2D eigenvalue weighted by Gasteiger charge is 2.29. The molecule has 0 atom stereocenters. The Morgan fingerprint density at radius 1 is 1.18 bits per heavy atom. The van der Waals surface area contributed by atoms with Crippen LogP contribution in [0, 0.1) is 5.92 Å². The minimum absolute atomic E-state index is 0.0728. The molecule has 8 heteroatoms. The van der Waals surface area contributed by atoms with Crippen molar-refractivity contribution in [2.75, 3.05) is 11.9 Å². The van der Waals surface area contributed by atoms with Crippen molar-refractivity contribution in [3.8, 4) is 23.1 Å². The topological polar surface area (TPSA) is 69.0 Å². The summed E-state index contributed by atoms with van der Waals surface area (Å²) in [6, 6.07) is 13.0. The van der Waals surface area contributed by atoms with E-state index >= 15 is 0 Å². The molecule has 1 saturated carbocycles. The van der Waals surface area contributed by atoms with E-state index in [-0.39, 0.29) is 17.8 Å². The van der Waals surface area contributed by atoms with Crippen molar-refractivity contribution < 1.29 is 9.53 Å². The Hall–Kier alpha value is -2.57. The molecule has 1 amide bonds. The van der Waals surface area contributed by atoms with Crippen LogP contribution in [0.25, 0.3) is 17.1 Å². The predicted molar refractivity (Wildman–Crippen MR) is 109 cm³/mol. The number of nitrogens with one attached hydrogen (secondary N) is 1. The summed E-state index contributed by atoms with van der Waals surface area (Å²) in [5, 5.41) is 8.28. The number of anilines is 1. The van der Waals surface area contributed by atoms with Crippen LogP contribution in [0.1, 0.15) is 19.8 Å². The number of hydrogen-bond acceptors (Lipinski definition) is 4. The summed E-state index contributed by atoms with van der Waals surface area (Å²) < 4.78 is 7.15. The number of halogens is 2. The zero-order valence-electron chi connectivity index (χ0n) is 15.2. The monoisotopic (exact) mass is 416 g/mol. The molecule has 0 unspecified atom stereocenters. The normalized spacial score (nSPS) is 13.4. The second-order valence-corrected chi connectivity index (χ2v) is 7.32. The number of ether oxygens (including phenoxy) is 1. The third-order valence-electron chi connectivity index (χ3n) is 4.37. The molecule has 6 nitrogen and oxygen atoms in total. The zero-order valence-corrected chi connectivity index (χ0v) is 16.7. The van der Waals surface area contributed by atoms with Crippen molar-refractivity contribution in [2.24, 2.45) is 5.92 Å². The summed E-state index contributed by atoms with van der Waals surface area (Å²) in [5.74, 6) is 0.811. The number of rotatable bonds is 6. The summed E-state index contributed by atoms with van der Waals surface area (Å²) in [7, 11) is 0. The van der Waals surface area contributed by atoms with E-state index in [0.717, 1.165) is 29.8 Å². The van der Waals surface area contributed by atoms with Gasteiger partial charge in [-0.15, -0.1) is 5.10 Å². The summed E-state index contributed by atoms with van der Waals surface area (Å²) in [6.07, 6.45) is 1.94. The van der Waals surface area contributed by atoms with E-state index in [4.69, 9.17) is 27.9 Å². The maximum absolute atomic E-state index is 11.9. The second-order valence-electron chi connectivity index (χ2n) is 6.50. The number of benzene rings is 2. The molecule has 0 bridgehead atoms. The number of hydrogen-bond donors (Lipinski definition) is 1. The van der Waals surface area contributed by atoms with Crippen molar-refractivity contribution >= 4 is 34.8 Å². The fourth-order valence-corrected chi connectivity index (χ4v) is 3.06. The Labute approximate surface area is 172 Å². The van der Waals surface area contributed by atoms with Gasteiger partial charge in [-0.05, 0) is 62.2 Å². The summed E-state index contributed by atoms with van der Waals surface area (Å²) in [4.78, 5) is 16.4. The molecule has 1 N–H and O–H groups in total. The van der Waals surface area contributed by atoms with Crippen molar-refractivity contribution in [1.82, 2.24) is 14.8 Å². The largest absolute Gasteiger partial charge is 0.463 e. The van der Waals surface area contributed by atoms with E-state index in [1.165, 1.54) is 0 Å². The molecule has 0 spiro atoms. The van der Waals surface area contributed by atoms with Gasteiger partial charge in [-0.25, -0.2) is 4.68 Å². The van der Waals surface area contributed by atoms with E-state index < -0.39 is 0 Å². The quantitative estimate of drug-likeness (QED) is 0.614. The molecule has 1 heterocycles. The Morgan fingerprint density at radius 2 is 1.93 bits per heavy atom. The van der Waals surface area contributed by atoms with Crippen LogP contribution in [-0.4, -0.2) is 27.3 Å². The van der Waals surface area contributed by atoms with Crippen molar-refractivity contribution in [3.05, 3.63) is 52.5 Å². The molecule has 144 valence electrons. The molecule has 1 aliphatic carbocycles. The van der Waals surface area contributed by atoms with E-state index in [0.29, 0.717) is 22.5 Å². The van der Waals surface area contributed by atoms with Gasteiger partial charge in [0.05, 0.1) is 22.3 Å². The minimum atomic E-state index is 0.0728. The summed E-state index contributed by atoms with van der Waals surface area (Å²) >= 11 is 12.2. The van der Waals surface area contributed by atoms with Crippen molar-refractivity contribution in [2.45, 2.75) is 19.8 Å². The van der Waals surface area contributed by atoms with Crippen LogP contribution in [0.3, 0.4) is 0 Å². The molecule has 0 saturated heterocycles. The number of amides is 1. The van der Waals surface area contributed by atoms with Gasteiger partial charge in [0.25, 0.3) is 0 Å². The molecule has 28 heavy (non-hydrogen) atoms. The fourth-order valence-electron chi connectivity index (χ4n) is 2.76. The lowest BCUT2D eigenvalue weighted by molar-refractivity contribution is -0.117. The van der Waals surface area contributed by atoms with Crippen LogP contribution in [0.4, 0.5) is 5.69 Å². The zero-order chi connectivity index (χ0) is 19.7. The molecule has 4 rings (SSSR count). The van der Waals surface area contributed by atoms with E-state index in [9.17, 15) is 4.79 Å². The number of carbonyl (C=O) groups is 1. The van der Waals surface area contributed by atoms with Gasteiger partial charge in [0, 0.05) is 17.2 Å². The lowest BCUT2D eigenvalue weighted by Gasteiger charge is -2.08. The molecular weight excluding hydrogens is 399 g/mol. The van der Waals surface area contributed by atoms with Gasteiger partial charge in [-0.3, -0.25) is 4.79 Å². The molecule has 0 aliphatic heterocycles. The van der Waals surface area contributed by atoms with Gasteiger partial charge in [-0.2, -0.15) is 4.98 Å². The van der Waals surface area contributed by atoms with Crippen molar-refractivity contribution in [3.63, 3.8) is 0 Å². The first-order chi connectivity index (χ1) is 13.5. The molecule has 2 aromatic carbocycles. The highest BCUT2D eigenvalue weighted by molar-refractivity contribution is 6.42. The molecule has 1 fully saturated rings. The van der Waals surface area contributed by atoms with E-state index in [1.54, 1.807) is 16.8 Å². The van der Waals surface area contributed by atoms with Gasteiger partial charge >= 0.3 is 6.01 Å². The van der Waals surface area contributed by atoms with Crippen LogP contribution >= 0.6 is 23.2 Å². The number of nitrogens with zero attached hydrogens (tertiary/aromatic N) is 3. The number of aromatic nitrogens is 3. The van der Waals surface area contributed by atoms with Crippen LogP contribution in [-0.2, 0) is 4.79 Å². The molecule has 1 aliphatic rings. The lowest BCUT2D eigenvalue weighted by Crippen LogP contribution is -2.13. The molecule has 0 radical (unpaired) electrons. The van der Waals surface area contributed by atoms with Gasteiger partial charge in [0.2, 0.25) is 5.91 Å². The van der Waals surface area contributed by atoms with Crippen LogP contribution < -0.4 is 10.1 Å². The van der Waals surface area contributed by atoms with Gasteiger partial charge in [0.15, 0.2) is 5.82 Å². The van der Waals surface area contributed by atoms with Crippen LogP contribution in [0.2, 0.25) is 10.0 Å². The Bertz CT molecular complexity index is 1010. The first-order valence-corrected chi connectivity index (χ1v) is 9.77. The SMILES string of the molecule is CCOc1nc(-c2ccc(Cl)c(Cl)c2)n(-c2ccc(NC(=O)C3CC3)cc2)n1. The van der Waals surface area contributed by atoms with E-state index in [1.807, 2.05) is 37.3 Å². The van der Waals surface area contributed by atoms with Crippen molar-refractivity contribution in [1.29, 1.82) is 0 Å². The first kappa shape index (κ1) is 18.8. The van der Waals surface area contributed by atoms with Gasteiger partial charge in [-0.1, -0.05) is 23.2 Å². The van der Waals surface area contributed by atoms with E-state index in [2.05, 4.69) is 15.4 Å². The minimum Gasteiger partial charge on any atom is -0.463 e. The van der Waals surface area contributed by atoms with Crippen LogP contribution in [0.15, 0.2) is 42.5 Å². The highest BCUT2D eigenvalue weighted by Crippen LogP contribution is 2.31. The maximum atomic E-state index is 11.9. The van der Waals surface area contributed by atoms with Crippen LogP contribution in [0.5, 0.6) is 6.01 Å². The fraction of sp³-hybridized carbons (Fsp3) is 0.250. The maximum Gasteiger partial charge on any atom is 0.336 e. The Kier molecular flexibility index (Phi) is 5.24. The first-order valence-electron chi connectivity index (χ1n) is 9.01. The standard InChI is InChI=1S/C20H18Cl2N4O2/c1-2-28-20-24-18(13-5-10-16(21)17(22)11-13)26(25-20)15-8-6-14(7-9-15)23-19(27)12-3-4-12/h5-12H,2-4H2,1H3,(H,23,27). The summed E-state index contributed by atoms with van der Waals surface area (Å²) in [5.41, 5.74) is 2.30. The Balaban J connectivity index is 1.67. The molecular formula is C20H18Cl2N4O2. The molecule has 1 aromatic heterocycles. The third-order valence-corrected chi connectivity index (χ3v) is 5.11. The average molecular weight is 417 g/mol. The van der Waals surface area contributed by atoms with Gasteiger partial charge in [0.1, 0.15) is 0 Å². The second kappa shape index (κ2) is 7.81. The molecule has 3 aromatic rings.